The standard InChI is InChI=1S/C13H23N3S/c1-3-4-8-16-9-7-14-12(16)15-11-13(2)6-5-10-17-13/h7,9H,3-6,8,10-11H2,1-2H3,(H,14,15). The molecule has 1 atom stereocenters. The van der Waals surface area contributed by atoms with Gasteiger partial charge in [-0.2, -0.15) is 11.8 Å². The molecule has 4 heteroatoms. The summed E-state index contributed by atoms with van der Waals surface area (Å²) in [5.41, 5.74) is 0. The van der Waals surface area contributed by atoms with Gasteiger partial charge in [-0.3, -0.25) is 0 Å². The molecule has 0 aliphatic carbocycles. The van der Waals surface area contributed by atoms with Crippen molar-refractivity contribution in [3.8, 4) is 0 Å². The van der Waals surface area contributed by atoms with Crippen LogP contribution in [0.25, 0.3) is 0 Å². The molecule has 1 aromatic heterocycles. The Kier molecular flexibility index (Phi) is 4.37. The summed E-state index contributed by atoms with van der Waals surface area (Å²) in [6.07, 6.45) is 9.08. The van der Waals surface area contributed by atoms with E-state index >= 15 is 0 Å². The predicted octanol–water partition coefficient (Wildman–Crippen LogP) is 3.38. The summed E-state index contributed by atoms with van der Waals surface area (Å²) in [6.45, 7) is 6.68. The number of rotatable bonds is 6. The summed E-state index contributed by atoms with van der Waals surface area (Å²) in [5, 5.41) is 3.52. The molecule has 1 aliphatic heterocycles. The van der Waals surface area contributed by atoms with E-state index in [4.69, 9.17) is 0 Å². The number of aromatic nitrogens is 2. The first kappa shape index (κ1) is 12.8. The fourth-order valence-electron chi connectivity index (χ4n) is 2.23. The smallest absolute Gasteiger partial charge is 0.202 e. The van der Waals surface area contributed by atoms with Crippen molar-refractivity contribution in [1.29, 1.82) is 0 Å². The van der Waals surface area contributed by atoms with E-state index in [0.717, 1.165) is 19.0 Å². The summed E-state index contributed by atoms with van der Waals surface area (Å²) in [5.74, 6) is 2.34. The Labute approximate surface area is 108 Å². The van der Waals surface area contributed by atoms with Crippen molar-refractivity contribution in [2.24, 2.45) is 0 Å². The minimum absolute atomic E-state index is 0.404. The summed E-state index contributed by atoms with van der Waals surface area (Å²) in [4.78, 5) is 4.40. The Morgan fingerprint density at radius 3 is 3.18 bits per heavy atom. The van der Waals surface area contributed by atoms with Gasteiger partial charge < -0.3 is 9.88 Å². The van der Waals surface area contributed by atoms with E-state index < -0.39 is 0 Å². The molecule has 1 N–H and O–H groups in total. The monoisotopic (exact) mass is 253 g/mol. The van der Waals surface area contributed by atoms with Gasteiger partial charge in [0.2, 0.25) is 5.95 Å². The highest BCUT2D eigenvalue weighted by atomic mass is 32.2. The maximum Gasteiger partial charge on any atom is 0.202 e. The lowest BCUT2D eigenvalue weighted by Crippen LogP contribution is -2.28. The summed E-state index contributed by atoms with van der Waals surface area (Å²) < 4.78 is 2.63. The van der Waals surface area contributed by atoms with Gasteiger partial charge in [0.25, 0.3) is 0 Å². The van der Waals surface area contributed by atoms with Gasteiger partial charge in [-0.25, -0.2) is 4.98 Å². The first-order chi connectivity index (χ1) is 8.23. The molecule has 0 spiro atoms. The van der Waals surface area contributed by atoms with Gasteiger partial charge in [0.15, 0.2) is 0 Å². The van der Waals surface area contributed by atoms with Gasteiger partial charge in [0, 0.05) is 30.2 Å². The van der Waals surface area contributed by atoms with Gasteiger partial charge in [0.05, 0.1) is 0 Å². The zero-order chi connectivity index (χ0) is 12.1. The maximum absolute atomic E-state index is 4.40. The summed E-state index contributed by atoms with van der Waals surface area (Å²) in [7, 11) is 0. The molecule has 1 unspecified atom stereocenters. The third-order valence-electron chi connectivity index (χ3n) is 3.39. The van der Waals surface area contributed by atoms with Crippen molar-refractivity contribution in [3.05, 3.63) is 12.4 Å². The molecule has 17 heavy (non-hydrogen) atoms. The van der Waals surface area contributed by atoms with E-state index in [1.54, 1.807) is 0 Å². The Morgan fingerprint density at radius 1 is 1.59 bits per heavy atom. The van der Waals surface area contributed by atoms with Crippen LogP contribution in [0.15, 0.2) is 12.4 Å². The number of hydrogen-bond acceptors (Lipinski definition) is 3. The number of nitrogens with zero attached hydrogens (tertiary/aromatic N) is 2. The Morgan fingerprint density at radius 2 is 2.47 bits per heavy atom. The second-order valence-corrected chi connectivity index (χ2v) is 6.74. The fourth-order valence-corrected chi connectivity index (χ4v) is 3.47. The van der Waals surface area contributed by atoms with Crippen LogP contribution >= 0.6 is 11.8 Å². The number of aryl methyl sites for hydroxylation is 1. The van der Waals surface area contributed by atoms with E-state index in [1.807, 2.05) is 6.20 Å². The van der Waals surface area contributed by atoms with E-state index in [1.165, 1.54) is 31.4 Å². The molecule has 1 aliphatic rings. The van der Waals surface area contributed by atoms with Gasteiger partial charge in [-0.15, -0.1) is 0 Å². The number of hydrogen-bond donors (Lipinski definition) is 1. The van der Waals surface area contributed by atoms with E-state index in [9.17, 15) is 0 Å². The summed E-state index contributed by atoms with van der Waals surface area (Å²) in [6, 6.07) is 0. The number of nitrogens with one attached hydrogen (secondary N) is 1. The van der Waals surface area contributed by atoms with E-state index in [0.29, 0.717) is 4.75 Å². The minimum atomic E-state index is 0.404. The molecule has 2 heterocycles. The van der Waals surface area contributed by atoms with Crippen molar-refractivity contribution >= 4 is 17.7 Å². The van der Waals surface area contributed by atoms with Crippen molar-refractivity contribution in [2.75, 3.05) is 17.6 Å². The van der Waals surface area contributed by atoms with Crippen molar-refractivity contribution in [2.45, 2.75) is 50.8 Å². The largest absolute Gasteiger partial charge is 0.354 e. The van der Waals surface area contributed by atoms with Crippen LogP contribution in [-0.4, -0.2) is 26.6 Å². The average Bonchev–Trinajstić information content (AvgIpc) is 2.93. The normalized spacial score (nSPS) is 24.1. The Balaban J connectivity index is 1.87. The molecule has 0 aromatic carbocycles. The summed E-state index contributed by atoms with van der Waals surface area (Å²) >= 11 is 2.09. The van der Waals surface area contributed by atoms with Crippen LogP contribution < -0.4 is 5.32 Å². The third kappa shape index (κ3) is 3.41. The van der Waals surface area contributed by atoms with Crippen molar-refractivity contribution < 1.29 is 0 Å². The number of anilines is 1. The highest BCUT2D eigenvalue weighted by Crippen LogP contribution is 2.37. The zero-order valence-corrected chi connectivity index (χ0v) is 11.7. The highest BCUT2D eigenvalue weighted by Gasteiger charge is 2.29. The molecule has 1 aromatic rings. The van der Waals surface area contributed by atoms with Crippen molar-refractivity contribution in [3.63, 3.8) is 0 Å². The SMILES string of the molecule is CCCCn1ccnc1NCC1(C)CCCS1. The van der Waals surface area contributed by atoms with Crippen molar-refractivity contribution in [1.82, 2.24) is 9.55 Å². The fraction of sp³-hybridized carbons (Fsp3) is 0.769. The van der Waals surface area contributed by atoms with Gasteiger partial charge in [0.1, 0.15) is 0 Å². The lowest BCUT2D eigenvalue weighted by atomic mass is 10.1. The molecule has 0 radical (unpaired) electrons. The molecule has 2 rings (SSSR count). The zero-order valence-electron chi connectivity index (χ0n) is 10.9. The quantitative estimate of drug-likeness (QED) is 0.843. The van der Waals surface area contributed by atoms with Gasteiger partial charge in [-0.1, -0.05) is 13.3 Å². The van der Waals surface area contributed by atoms with E-state index in [-0.39, 0.29) is 0 Å². The highest BCUT2D eigenvalue weighted by molar-refractivity contribution is 8.00. The maximum atomic E-state index is 4.40. The molecule has 1 fully saturated rings. The molecular formula is C13H23N3S. The lowest BCUT2D eigenvalue weighted by Gasteiger charge is -2.23. The second kappa shape index (κ2) is 5.80. The van der Waals surface area contributed by atoms with Crippen LogP contribution in [0.5, 0.6) is 0 Å². The molecule has 0 amide bonds. The van der Waals surface area contributed by atoms with Crippen LogP contribution in [0, 0.1) is 0 Å². The number of thioether (sulfide) groups is 1. The van der Waals surface area contributed by atoms with Crippen LogP contribution in [0.2, 0.25) is 0 Å². The van der Waals surface area contributed by atoms with Crippen LogP contribution in [0.3, 0.4) is 0 Å². The topological polar surface area (TPSA) is 29.9 Å². The average molecular weight is 253 g/mol. The second-order valence-electron chi connectivity index (χ2n) is 5.05. The Hall–Kier alpha value is -0.640. The third-order valence-corrected chi connectivity index (χ3v) is 4.93. The molecule has 0 bridgehead atoms. The van der Waals surface area contributed by atoms with Crippen LogP contribution in [0.1, 0.15) is 39.5 Å². The molecule has 1 saturated heterocycles. The molecular weight excluding hydrogens is 230 g/mol. The van der Waals surface area contributed by atoms with E-state index in [2.05, 4.69) is 46.7 Å². The van der Waals surface area contributed by atoms with Crippen LogP contribution in [0.4, 0.5) is 5.95 Å². The first-order valence-corrected chi connectivity index (χ1v) is 7.61. The van der Waals surface area contributed by atoms with Gasteiger partial charge in [-0.05, 0) is 31.9 Å². The lowest BCUT2D eigenvalue weighted by molar-refractivity contribution is 0.612. The number of imidazole rings is 1. The first-order valence-electron chi connectivity index (χ1n) is 6.62. The predicted molar refractivity (Wildman–Crippen MR) is 75.7 cm³/mol. The minimum Gasteiger partial charge on any atom is -0.354 e. The Bertz CT molecular complexity index is 342. The molecule has 96 valence electrons. The molecule has 0 saturated carbocycles. The van der Waals surface area contributed by atoms with Crippen LogP contribution in [-0.2, 0) is 6.54 Å². The number of unbranched alkanes of at least 4 members (excludes halogenated alkanes) is 1. The van der Waals surface area contributed by atoms with Gasteiger partial charge >= 0.3 is 0 Å². The molecule has 3 nitrogen and oxygen atoms in total.